The van der Waals surface area contributed by atoms with E-state index >= 15 is 0 Å². The highest BCUT2D eigenvalue weighted by Gasteiger charge is 2.37. The summed E-state index contributed by atoms with van der Waals surface area (Å²) in [7, 11) is 0. The van der Waals surface area contributed by atoms with Crippen LogP contribution in [-0.2, 0) is 0 Å². The molecule has 2 fully saturated rings. The Kier molecular flexibility index (Phi) is 4.74. The Balaban J connectivity index is 0.00000168. The number of nitrogens with zero attached hydrogens (tertiary/aromatic N) is 3. The monoisotopic (exact) mass is 386 g/mol. The smallest absolute Gasteiger partial charge is 0.159 e. The zero-order valence-electron chi connectivity index (χ0n) is 14.2. The first-order chi connectivity index (χ1) is 12.3. The van der Waals surface area contributed by atoms with E-state index < -0.39 is 0 Å². The van der Waals surface area contributed by atoms with Crippen LogP contribution in [0.1, 0.15) is 6.42 Å². The van der Waals surface area contributed by atoms with Crippen LogP contribution in [0.25, 0.3) is 22.0 Å². The molecule has 0 saturated carbocycles. The molecule has 3 aromatic rings. The van der Waals surface area contributed by atoms with Crippen LogP contribution in [0, 0.1) is 5.92 Å². The van der Waals surface area contributed by atoms with Crippen molar-refractivity contribution in [1.82, 2.24) is 15.5 Å². The molecular weight excluding hydrogens is 367 g/mol. The maximum absolute atomic E-state index is 6.03. The fourth-order valence-corrected chi connectivity index (χ4v) is 4.29. The highest BCUT2D eigenvalue weighted by Crippen LogP contribution is 2.35. The molecule has 2 aromatic carbocycles. The highest BCUT2D eigenvalue weighted by atomic mass is 35.5. The second-order valence-corrected chi connectivity index (χ2v) is 7.38. The van der Waals surface area contributed by atoms with Crippen LogP contribution in [0.4, 0.5) is 5.82 Å². The highest BCUT2D eigenvalue weighted by molar-refractivity contribution is 6.30. The maximum Gasteiger partial charge on any atom is 0.159 e. The van der Waals surface area contributed by atoms with Gasteiger partial charge in [-0.2, -0.15) is 0 Å². The SMILES string of the molecule is Cl.Clc1ccc(-c2nnc(N3CC4CCNC4C3)c3ccccc23)cc1. The summed E-state index contributed by atoms with van der Waals surface area (Å²) in [6.07, 6.45) is 1.26. The Morgan fingerprint density at radius 3 is 2.50 bits per heavy atom. The Morgan fingerprint density at radius 2 is 1.73 bits per heavy atom. The van der Waals surface area contributed by atoms with Crippen molar-refractivity contribution in [2.24, 2.45) is 5.92 Å². The van der Waals surface area contributed by atoms with E-state index in [0.29, 0.717) is 6.04 Å². The van der Waals surface area contributed by atoms with Gasteiger partial charge in [-0.15, -0.1) is 22.6 Å². The maximum atomic E-state index is 6.03. The van der Waals surface area contributed by atoms with Crippen LogP contribution in [-0.4, -0.2) is 35.9 Å². The van der Waals surface area contributed by atoms with Gasteiger partial charge in [-0.3, -0.25) is 0 Å². The van der Waals surface area contributed by atoms with Gasteiger partial charge in [0.05, 0.1) is 0 Å². The van der Waals surface area contributed by atoms with E-state index in [1.54, 1.807) is 0 Å². The number of hydrogen-bond donors (Lipinski definition) is 1. The molecule has 0 radical (unpaired) electrons. The molecule has 1 aromatic heterocycles. The summed E-state index contributed by atoms with van der Waals surface area (Å²) in [5.74, 6) is 1.74. The van der Waals surface area contributed by atoms with Crippen molar-refractivity contribution >= 4 is 40.6 Å². The molecule has 0 amide bonds. The van der Waals surface area contributed by atoms with E-state index in [-0.39, 0.29) is 12.4 Å². The Morgan fingerprint density at radius 1 is 0.962 bits per heavy atom. The van der Waals surface area contributed by atoms with Gasteiger partial charge in [-0.25, -0.2) is 0 Å². The number of nitrogens with one attached hydrogen (secondary N) is 1. The number of rotatable bonds is 2. The number of fused-ring (bicyclic) bond motifs is 2. The van der Waals surface area contributed by atoms with Crippen molar-refractivity contribution in [1.29, 1.82) is 0 Å². The van der Waals surface area contributed by atoms with E-state index in [0.717, 1.165) is 53.0 Å². The van der Waals surface area contributed by atoms with Gasteiger partial charge >= 0.3 is 0 Å². The van der Waals surface area contributed by atoms with Gasteiger partial charge in [-0.1, -0.05) is 48.0 Å². The molecule has 2 unspecified atom stereocenters. The number of anilines is 1. The largest absolute Gasteiger partial charge is 0.353 e. The molecular formula is C20H20Cl2N4. The van der Waals surface area contributed by atoms with E-state index in [2.05, 4.69) is 44.7 Å². The average molecular weight is 387 g/mol. The summed E-state index contributed by atoms with van der Waals surface area (Å²) >= 11 is 6.03. The van der Waals surface area contributed by atoms with Crippen LogP contribution in [0.15, 0.2) is 48.5 Å². The quantitative estimate of drug-likeness (QED) is 0.717. The number of benzene rings is 2. The molecule has 134 valence electrons. The molecule has 5 rings (SSSR count). The molecule has 2 atom stereocenters. The molecule has 0 aliphatic carbocycles. The summed E-state index contributed by atoms with van der Waals surface area (Å²) < 4.78 is 0. The number of halogens is 2. The second-order valence-electron chi connectivity index (χ2n) is 6.94. The summed E-state index contributed by atoms with van der Waals surface area (Å²) in [6.45, 7) is 3.23. The lowest BCUT2D eigenvalue weighted by atomic mass is 10.0. The molecule has 2 saturated heterocycles. The van der Waals surface area contributed by atoms with Crippen LogP contribution in [0.2, 0.25) is 5.02 Å². The molecule has 2 aliphatic heterocycles. The minimum Gasteiger partial charge on any atom is -0.353 e. The second kappa shape index (κ2) is 7.03. The minimum atomic E-state index is 0. The standard InChI is InChI=1S/C20H19ClN4.ClH/c21-15-7-5-13(6-8-15)19-16-3-1-2-4-17(16)20(24-23-19)25-11-14-9-10-22-18(14)12-25;/h1-8,14,18,22H,9-12H2;1H. The average Bonchev–Trinajstić information content (AvgIpc) is 3.23. The Hall–Kier alpha value is -1.88. The van der Waals surface area contributed by atoms with E-state index in [1.165, 1.54) is 11.8 Å². The van der Waals surface area contributed by atoms with Crippen LogP contribution >= 0.6 is 24.0 Å². The fraction of sp³-hybridized carbons (Fsp3) is 0.300. The summed E-state index contributed by atoms with van der Waals surface area (Å²) in [5, 5.41) is 15.9. The van der Waals surface area contributed by atoms with Gasteiger partial charge < -0.3 is 10.2 Å². The van der Waals surface area contributed by atoms with Crippen molar-refractivity contribution in [2.75, 3.05) is 24.5 Å². The molecule has 6 heteroatoms. The third-order valence-electron chi connectivity index (χ3n) is 5.45. The molecule has 1 N–H and O–H groups in total. The topological polar surface area (TPSA) is 41.1 Å². The predicted molar refractivity (Wildman–Crippen MR) is 109 cm³/mol. The van der Waals surface area contributed by atoms with Gasteiger partial charge in [0.2, 0.25) is 0 Å². The van der Waals surface area contributed by atoms with Crippen molar-refractivity contribution in [3.05, 3.63) is 53.6 Å². The lowest BCUT2D eigenvalue weighted by Crippen LogP contribution is -2.30. The van der Waals surface area contributed by atoms with E-state index in [4.69, 9.17) is 11.6 Å². The molecule has 3 heterocycles. The zero-order valence-corrected chi connectivity index (χ0v) is 15.8. The molecule has 26 heavy (non-hydrogen) atoms. The van der Waals surface area contributed by atoms with Crippen molar-refractivity contribution in [2.45, 2.75) is 12.5 Å². The van der Waals surface area contributed by atoms with Gasteiger partial charge in [0.15, 0.2) is 5.82 Å². The van der Waals surface area contributed by atoms with Crippen LogP contribution in [0.3, 0.4) is 0 Å². The summed E-state index contributed by atoms with van der Waals surface area (Å²) in [4.78, 5) is 2.39. The lowest BCUT2D eigenvalue weighted by molar-refractivity contribution is 0.556. The van der Waals surface area contributed by atoms with Crippen molar-refractivity contribution < 1.29 is 0 Å². The van der Waals surface area contributed by atoms with E-state index in [1.807, 2.05) is 24.3 Å². The normalized spacial score (nSPS) is 21.7. The molecule has 4 nitrogen and oxygen atoms in total. The van der Waals surface area contributed by atoms with Crippen molar-refractivity contribution in [3.8, 4) is 11.3 Å². The number of aromatic nitrogens is 2. The van der Waals surface area contributed by atoms with Crippen LogP contribution < -0.4 is 10.2 Å². The van der Waals surface area contributed by atoms with Gasteiger partial charge in [0, 0.05) is 40.5 Å². The third kappa shape index (κ3) is 2.92. The summed E-state index contributed by atoms with van der Waals surface area (Å²) in [5.41, 5.74) is 1.95. The Bertz CT molecular complexity index is 917. The molecule has 0 spiro atoms. The Labute approximate surface area is 164 Å². The van der Waals surface area contributed by atoms with Crippen molar-refractivity contribution in [3.63, 3.8) is 0 Å². The molecule has 0 bridgehead atoms. The lowest BCUT2D eigenvalue weighted by Gasteiger charge is -2.20. The predicted octanol–water partition coefficient (Wildman–Crippen LogP) is 4.17. The zero-order chi connectivity index (χ0) is 16.8. The molecule has 2 aliphatic rings. The first kappa shape index (κ1) is 17.5. The third-order valence-corrected chi connectivity index (χ3v) is 5.70. The van der Waals surface area contributed by atoms with E-state index in [9.17, 15) is 0 Å². The van der Waals surface area contributed by atoms with Gasteiger partial charge in [-0.05, 0) is 31.0 Å². The summed E-state index contributed by atoms with van der Waals surface area (Å²) in [6, 6.07) is 16.8. The minimum absolute atomic E-state index is 0. The first-order valence-electron chi connectivity index (χ1n) is 8.79. The van der Waals surface area contributed by atoms with Crippen LogP contribution in [0.5, 0.6) is 0 Å². The number of hydrogen-bond acceptors (Lipinski definition) is 4. The van der Waals surface area contributed by atoms with Gasteiger partial charge in [0.1, 0.15) is 5.69 Å². The van der Waals surface area contributed by atoms with Gasteiger partial charge in [0.25, 0.3) is 0 Å². The fourth-order valence-electron chi connectivity index (χ4n) is 4.17. The first-order valence-corrected chi connectivity index (χ1v) is 9.17.